The molecule has 1 heterocycles. The Kier molecular flexibility index (Phi) is 4.29. The Labute approximate surface area is 93.5 Å². The summed E-state index contributed by atoms with van der Waals surface area (Å²) in [5.74, 6) is 5.81. The van der Waals surface area contributed by atoms with Crippen molar-refractivity contribution in [3.63, 3.8) is 0 Å². The van der Waals surface area contributed by atoms with Gasteiger partial charge in [0.15, 0.2) is 0 Å². The van der Waals surface area contributed by atoms with E-state index in [1.165, 1.54) is 6.07 Å². The molecule has 0 atom stereocenters. The summed E-state index contributed by atoms with van der Waals surface area (Å²) >= 11 is 1.09. The molecule has 0 radical (unpaired) electrons. The van der Waals surface area contributed by atoms with Crippen molar-refractivity contribution in [2.75, 3.05) is 13.6 Å². The number of thiophene rings is 1. The summed E-state index contributed by atoms with van der Waals surface area (Å²) in [5.41, 5.74) is 0. The van der Waals surface area contributed by atoms with Crippen LogP contribution in [0.4, 0.5) is 0 Å². The molecule has 0 aromatic carbocycles. The second kappa shape index (κ2) is 5.28. The maximum absolute atomic E-state index is 11.0. The lowest BCUT2D eigenvalue weighted by atomic mass is 10.4. The maximum atomic E-state index is 11.0. The van der Waals surface area contributed by atoms with Gasteiger partial charge in [-0.25, -0.2) is 13.6 Å². The second-order valence-corrected chi connectivity index (χ2v) is 5.69. The van der Waals surface area contributed by atoms with Crippen molar-refractivity contribution in [3.05, 3.63) is 17.0 Å². The fraction of sp³-hybridized carbons (Fsp3) is 0.333. The molecule has 0 fully saturated rings. The van der Waals surface area contributed by atoms with Gasteiger partial charge in [0.25, 0.3) is 0 Å². The molecule has 6 heteroatoms. The number of sulfonamides is 1. The van der Waals surface area contributed by atoms with E-state index < -0.39 is 10.0 Å². The monoisotopic (exact) mass is 244 g/mol. The Morgan fingerprint density at radius 3 is 2.80 bits per heavy atom. The Morgan fingerprint density at radius 1 is 1.53 bits per heavy atom. The molecule has 0 unspecified atom stereocenters. The standard InChI is InChI=1S/C9H12N2O2S2/c1-11-7-3-2-4-8-5-6-9(14-8)15(10,12)13/h5-6,11H,3,7H2,1H3,(H2,10,12,13). The average molecular weight is 244 g/mol. The smallest absolute Gasteiger partial charge is 0.247 e. The predicted molar refractivity (Wildman–Crippen MR) is 61.1 cm³/mol. The van der Waals surface area contributed by atoms with Crippen LogP contribution in [0.15, 0.2) is 16.3 Å². The normalized spacial score (nSPS) is 10.8. The fourth-order valence-electron chi connectivity index (χ4n) is 0.877. The first-order chi connectivity index (χ1) is 7.04. The Hall–Kier alpha value is -0.870. The van der Waals surface area contributed by atoms with Crippen molar-refractivity contribution < 1.29 is 8.42 Å². The van der Waals surface area contributed by atoms with Crippen LogP contribution in [0.25, 0.3) is 0 Å². The van der Waals surface area contributed by atoms with E-state index in [1.807, 2.05) is 7.05 Å². The summed E-state index contributed by atoms with van der Waals surface area (Å²) in [7, 11) is -1.73. The van der Waals surface area contributed by atoms with Gasteiger partial charge in [-0.05, 0) is 19.2 Å². The van der Waals surface area contributed by atoms with Crippen LogP contribution in [0.5, 0.6) is 0 Å². The summed E-state index contributed by atoms with van der Waals surface area (Å²) in [5, 5.41) is 7.94. The van der Waals surface area contributed by atoms with Crippen LogP contribution in [-0.4, -0.2) is 22.0 Å². The van der Waals surface area contributed by atoms with E-state index in [-0.39, 0.29) is 4.21 Å². The molecule has 0 amide bonds. The van der Waals surface area contributed by atoms with Gasteiger partial charge in [0.2, 0.25) is 10.0 Å². The highest BCUT2D eigenvalue weighted by Crippen LogP contribution is 2.18. The molecular weight excluding hydrogens is 232 g/mol. The number of hydrogen-bond donors (Lipinski definition) is 2. The maximum Gasteiger partial charge on any atom is 0.247 e. The molecule has 1 aromatic rings. The van der Waals surface area contributed by atoms with Gasteiger partial charge < -0.3 is 5.32 Å². The van der Waals surface area contributed by atoms with Crippen LogP contribution in [0, 0.1) is 11.8 Å². The van der Waals surface area contributed by atoms with Gasteiger partial charge in [-0.3, -0.25) is 0 Å². The minimum Gasteiger partial charge on any atom is -0.319 e. The summed E-state index contributed by atoms with van der Waals surface area (Å²) in [6, 6.07) is 3.14. The highest BCUT2D eigenvalue weighted by molar-refractivity contribution is 7.91. The van der Waals surface area contributed by atoms with Gasteiger partial charge in [0.05, 0.1) is 4.88 Å². The Morgan fingerprint density at radius 2 is 2.27 bits per heavy atom. The van der Waals surface area contributed by atoms with Gasteiger partial charge in [0, 0.05) is 13.0 Å². The van der Waals surface area contributed by atoms with Crippen molar-refractivity contribution in [2.24, 2.45) is 5.14 Å². The third-order valence-electron chi connectivity index (χ3n) is 1.57. The molecule has 82 valence electrons. The van der Waals surface area contributed by atoms with Gasteiger partial charge in [-0.1, -0.05) is 11.8 Å². The van der Waals surface area contributed by atoms with E-state index in [4.69, 9.17) is 5.14 Å². The number of nitrogens with one attached hydrogen (secondary N) is 1. The van der Waals surface area contributed by atoms with Crippen molar-refractivity contribution in [1.29, 1.82) is 0 Å². The van der Waals surface area contributed by atoms with E-state index in [1.54, 1.807) is 6.07 Å². The first kappa shape index (κ1) is 12.2. The molecular formula is C9H12N2O2S2. The van der Waals surface area contributed by atoms with Crippen LogP contribution < -0.4 is 10.5 Å². The van der Waals surface area contributed by atoms with Crippen LogP contribution in [0.1, 0.15) is 11.3 Å². The lowest BCUT2D eigenvalue weighted by Crippen LogP contribution is -2.09. The molecule has 3 N–H and O–H groups in total. The van der Waals surface area contributed by atoms with E-state index in [2.05, 4.69) is 17.2 Å². The number of nitrogens with two attached hydrogens (primary N) is 1. The van der Waals surface area contributed by atoms with Crippen molar-refractivity contribution >= 4 is 21.4 Å². The van der Waals surface area contributed by atoms with Crippen molar-refractivity contribution in [1.82, 2.24) is 5.32 Å². The molecule has 0 aliphatic heterocycles. The summed E-state index contributed by atoms with van der Waals surface area (Å²) in [4.78, 5) is 0.718. The zero-order valence-corrected chi connectivity index (χ0v) is 9.91. The van der Waals surface area contributed by atoms with E-state index in [0.29, 0.717) is 0 Å². The molecule has 0 saturated carbocycles. The van der Waals surface area contributed by atoms with Gasteiger partial charge in [-0.15, -0.1) is 11.3 Å². The van der Waals surface area contributed by atoms with E-state index >= 15 is 0 Å². The van der Waals surface area contributed by atoms with Gasteiger partial charge >= 0.3 is 0 Å². The Bertz CT molecular complexity index is 480. The summed E-state index contributed by atoms with van der Waals surface area (Å²) < 4.78 is 22.1. The van der Waals surface area contributed by atoms with Crippen molar-refractivity contribution in [3.8, 4) is 11.8 Å². The van der Waals surface area contributed by atoms with E-state index in [9.17, 15) is 8.42 Å². The quantitative estimate of drug-likeness (QED) is 0.595. The predicted octanol–water partition coefficient (Wildman–Crippen LogP) is 0.357. The molecule has 1 rings (SSSR count). The number of rotatable bonds is 3. The number of primary sulfonamides is 1. The zero-order chi connectivity index (χ0) is 11.3. The third-order valence-corrected chi connectivity index (χ3v) is 4.01. The summed E-state index contributed by atoms with van der Waals surface area (Å²) in [6.45, 7) is 0.820. The van der Waals surface area contributed by atoms with Crippen LogP contribution >= 0.6 is 11.3 Å². The molecule has 15 heavy (non-hydrogen) atoms. The van der Waals surface area contributed by atoms with Crippen LogP contribution in [0.3, 0.4) is 0 Å². The minimum atomic E-state index is -3.58. The minimum absolute atomic E-state index is 0.153. The third kappa shape index (κ3) is 4.01. The van der Waals surface area contributed by atoms with Crippen LogP contribution in [0.2, 0.25) is 0 Å². The highest BCUT2D eigenvalue weighted by Gasteiger charge is 2.09. The SMILES string of the molecule is CNCCC#Cc1ccc(S(N)(=O)=O)s1. The molecule has 0 aliphatic rings. The molecule has 1 aromatic heterocycles. The first-order valence-corrected chi connectivity index (χ1v) is 6.66. The van der Waals surface area contributed by atoms with E-state index in [0.717, 1.165) is 29.2 Å². The average Bonchev–Trinajstić information content (AvgIpc) is 2.60. The van der Waals surface area contributed by atoms with Gasteiger partial charge in [-0.2, -0.15) is 0 Å². The van der Waals surface area contributed by atoms with Gasteiger partial charge in [0.1, 0.15) is 4.21 Å². The largest absolute Gasteiger partial charge is 0.319 e. The van der Waals surface area contributed by atoms with Crippen molar-refractivity contribution in [2.45, 2.75) is 10.6 Å². The first-order valence-electron chi connectivity index (χ1n) is 4.30. The fourth-order valence-corrected chi connectivity index (χ4v) is 2.48. The molecule has 0 aliphatic carbocycles. The summed E-state index contributed by atoms with van der Waals surface area (Å²) in [6.07, 6.45) is 0.735. The zero-order valence-electron chi connectivity index (χ0n) is 8.28. The topological polar surface area (TPSA) is 72.2 Å². The molecule has 0 spiro atoms. The lowest BCUT2D eigenvalue weighted by molar-refractivity contribution is 0.600. The van der Waals surface area contributed by atoms with Crippen LogP contribution in [-0.2, 0) is 10.0 Å². The highest BCUT2D eigenvalue weighted by atomic mass is 32.2. The second-order valence-electron chi connectivity index (χ2n) is 2.82. The molecule has 0 bridgehead atoms. The Balaban J connectivity index is 2.72. The number of hydrogen-bond acceptors (Lipinski definition) is 4. The molecule has 4 nitrogen and oxygen atoms in total. The molecule has 0 saturated heterocycles. The lowest BCUT2D eigenvalue weighted by Gasteiger charge is -1.88.